The number of rotatable bonds is 7. The predicted octanol–water partition coefficient (Wildman–Crippen LogP) is 2.78. The van der Waals surface area contributed by atoms with Crippen LogP contribution in [0.5, 0.6) is 0 Å². The first kappa shape index (κ1) is 21.8. The van der Waals surface area contributed by atoms with Crippen LogP contribution < -0.4 is 11.1 Å². The van der Waals surface area contributed by atoms with Crippen LogP contribution in [0.25, 0.3) is 0 Å². The maximum absolute atomic E-state index is 5.98. The lowest BCUT2D eigenvalue weighted by Crippen LogP contribution is -2.37. The molecule has 0 bridgehead atoms. The van der Waals surface area contributed by atoms with Crippen LogP contribution in [0, 0.1) is 0 Å². The zero-order chi connectivity index (χ0) is 16.5. The van der Waals surface area contributed by atoms with Gasteiger partial charge in [-0.25, -0.2) is 0 Å². The number of nitrogens with two attached hydrogens (primary N) is 1. The van der Waals surface area contributed by atoms with Gasteiger partial charge in [-0.3, -0.25) is 9.89 Å². The van der Waals surface area contributed by atoms with E-state index in [1.54, 1.807) is 6.07 Å². The van der Waals surface area contributed by atoms with Crippen molar-refractivity contribution in [3.05, 3.63) is 33.8 Å². The normalized spacial score (nSPS) is 15.8. The Kier molecular flexibility index (Phi) is 11.0. The number of nitrogens with one attached hydrogen (secondary N) is 1. The summed E-state index contributed by atoms with van der Waals surface area (Å²) >= 11 is 12.0. The van der Waals surface area contributed by atoms with Gasteiger partial charge in [0.25, 0.3) is 0 Å². The molecule has 0 radical (unpaired) electrons. The summed E-state index contributed by atoms with van der Waals surface area (Å²) in [5.74, 6) is 0.486. The third-order valence-electron chi connectivity index (χ3n) is 3.66. The maximum Gasteiger partial charge on any atom is 0.188 e. The Hall–Kier alpha value is -0.280. The van der Waals surface area contributed by atoms with Crippen molar-refractivity contribution < 1.29 is 4.74 Å². The first-order chi connectivity index (χ1) is 11.1. The van der Waals surface area contributed by atoms with Gasteiger partial charge in [0.1, 0.15) is 0 Å². The van der Waals surface area contributed by atoms with Crippen molar-refractivity contribution in [2.24, 2.45) is 10.7 Å². The molecule has 0 aliphatic carbocycles. The summed E-state index contributed by atoms with van der Waals surface area (Å²) in [7, 11) is 0. The van der Waals surface area contributed by atoms with Crippen molar-refractivity contribution in [2.45, 2.75) is 12.8 Å². The Morgan fingerprint density at radius 1 is 1.21 bits per heavy atom. The minimum atomic E-state index is 0. The molecule has 1 saturated heterocycles. The van der Waals surface area contributed by atoms with E-state index in [4.69, 9.17) is 33.7 Å². The molecule has 0 atom stereocenters. The number of halogens is 3. The van der Waals surface area contributed by atoms with Gasteiger partial charge >= 0.3 is 0 Å². The third-order valence-corrected chi connectivity index (χ3v) is 4.10. The van der Waals surface area contributed by atoms with Gasteiger partial charge in [0.15, 0.2) is 5.96 Å². The quantitative estimate of drug-likeness (QED) is 0.269. The Morgan fingerprint density at radius 2 is 1.88 bits per heavy atom. The molecule has 1 heterocycles. The number of benzene rings is 1. The second kappa shape index (κ2) is 12.1. The van der Waals surface area contributed by atoms with Gasteiger partial charge in [0.05, 0.1) is 13.2 Å². The highest BCUT2D eigenvalue weighted by atomic mass is 127. The molecule has 0 saturated carbocycles. The molecule has 0 aromatic heterocycles. The van der Waals surface area contributed by atoms with Crippen molar-refractivity contribution in [2.75, 3.05) is 45.9 Å². The van der Waals surface area contributed by atoms with E-state index in [0.717, 1.165) is 57.8 Å². The fourth-order valence-electron chi connectivity index (χ4n) is 2.46. The molecule has 0 spiro atoms. The zero-order valence-corrected chi connectivity index (χ0v) is 17.5. The Labute approximate surface area is 170 Å². The highest BCUT2D eigenvalue weighted by molar-refractivity contribution is 14.0. The van der Waals surface area contributed by atoms with Crippen LogP contribution in [0.3, 0.4) is 0 Å². The molecule has 1 aromatic carbocycles. The van der Waals surface area contributed by atoms with Crippen molar-refractivity contribution in [1.82, 2.24) is 10.2 Å². The van der Waals surface area contributed by atoms with Gasteiger partial charge in [-0.1, -0.05) is 23.2 Å². The summed E-state index contributed by atoms with van der Waals surface area (Å²) in [5, 5.41) is 4.42. The Morgan fingerprint density at radius 3 is 2.54 bits per heavy atom. The number of nitrogens with zero attached hydrogens (tertiary/aromatic N) is 2. The standard InChI is InChI=1S/C16H24Cl2N4O.HI/c17-14-10-13(11-15(18)12-14)2-4-21-16(19)20-3-1-5-22-6-8-23-9-7-22;/h10-12H,1-9H2,(H3,19,20,21);1H. The summed E-state index contributed by atoms with van der Waals surface area (Å²) in [5.41, 5.74) is 6.95. The highest BCUT2D eigenvalue weighted by Crippen LogP contribution is 2.19. The summed E-state index contributed by atoms with van der Waals surface area (Å²) in [6, 6.07) is 5.54. The van der Waals surface area contributed by atoms with Crippen molar-refractivity contribution in [3.63, 3.8) is 0 Å². The van der Waals surface area contributed by atoms with Gasteiger partial charge < -0.3 is 15.8 Å². The van der Waals surface area contributed by atoms with Crippen LogP contribution in [0.1, 0.15) is 12.0 Å². The predicted molar refractivity (Wildman–Crippen MR) is 112 cm³/mol. The number of hydrogen-bond donors (Lipinski definition) is 2. The van der Waals surface area contributed by atoms with Crippen LogP contribution in [0.4, 0.5) is 0 Å². The SMILES string of the molecule is I.NC(=NCCCN1CCOCC1)NCCc1cc(Cl)cc(Cl)c1. The number of aliphatic imine (C=N–C) groups is 1. The Bertz CT molecular complexity index is 505. The summed E-state index contributed by atoms with van der Waals surface area (Å²) in [6.45, 7) is 6.18. The van der Waals surface area contributed by atoms with Gasteiger partial charge in [-0.05, 0) is 36.6 Å². The van der Waals surface area contributed by atoms with E-state index in [0.29, 0.717) is 22.5 Å². The fraction of sp³-hybridized carbons (Fsp3) is 0.562. The molecule has 2 rings (SSSR count). The molecule has 136 valence electrons. The summed E-state index contributed by atoms with van der Waals surface area (Å²) in [4.78, 5) is 6.74. The average molecular weight is 487 g/mol. The molecular formula is C16H25Cl2IN4O. The fourth-order valence-corrected chi connectivity index (χ4v) is 3.04. The lowest BCUT2D eigenvalue weighted by Gasteiger charge is -2.26. The number of hydrogen-bond acceptors (Lipinski definition) is 3. The van der Waals surface area contributed by atoms with Crippen molar-refractivity contribution >= 4 is 53.1 Å². The minimum absolute atomic E-state index is 0. The van der Waals surface area contributed by atoms with E-state index in [9.17, 15) is 0 Å². The van der Waals surface area contributed by atoms with E-state index in [2.05, 4.69) is 15.2 Å². The summed E-state index contributed by atoms with van der Waals surface area (Å²) in [6.07, 6.45) is 1.80. The van der Waals surface area contributed by atoms with E-state index in [1.165, 1.54) is 0 Å². The average Bonchev–Trinajstić information content (AvgIpc) is 2.52. The van der Waals surface area contributed by atoms with Crippen LogP contribution in [0.15, 0.2) is 23.2 Å². The first-order valence-electron chi connectivity index (χ1n) is 7.92. The molecule has 1 fully saturated rings. The number of ether oxygens (including phenoxy) is 1. The monoisotopic (exact) mass is 486 g/mol. The molecule has 1 aliphatic rings. The molecule has 1 aromatic rings. The molecular weight excluding hydrogens is 462 g/mol. The van der Waals surface area contributed by atoms with Gasteiger partial charge in [-0.2, -0.15) is 0 Å². The van der Waals surface area contributed by atoms with Crippen LogP contribution >= 0.6 is 47.2 Å². The van der Waals surface area contributed by atoms with Crippen LogP contribution in [-0.4, -0.2) is 56.8 Å². The molecule has 0 amide bonds. The van der Waals surface area contributed by atoms with Crippen LogP contribution in [-0.2, 0) is 11.2 Å². The van der Waals surface area contributed by atoms with Gasteiger partial charge in [0, 0.05) is 42.8 Å². The molecule has 3 N–H and O–H groups in total. The lowest BCUT2D eigenvalue weighted by atomic mass is 10.1. The van der Waals surface area contributed by atoms with E-state index in [-0.39, 0.29) is 24.0 Å². The number of morpholine rings is 1. The van der Waals surface area contributed by atoms with Gasteiger partial charge in [0.2, 0.25) is 0 Å². The van der Waals surface area contributed by atoms with E-state index in [1.807, 2.05) is 12.1 Å². The lowest BCUT2D eigenvalue weighted by molar-refractivity contribution is 0.0377. The smallest absolute Gasteiger partial charge is 0.188 e. The Balaban J connectivity index is 0.00000288. The first-order valence-corrected chi connectivity index (χ1v) is 8.68. The zero-order valence-electron chi connectivity index (χ0n) is 13.6. The molecule has 5 nitrogen and oxygen atoms in total. The third kappa shape index (κ3) is 8.71. The highest BCUT2D eigenvalue weighted by Gasteiger charge is 2.08. The van der Waals surface area contributed by atoms with Crippen molar-refractivity contribution in [1.29, 1.82) is 0 Å². The van der Waals surface area contributed by atoms with E-state index >= 15 is 0 Å². The minimum Gasteiger partial charge on any atom is -0.379 e. The molecule has 8 heteroatoms. The van der Waals surface area contributed by atoms with Crippen LogP contribution in [0.2, 0.25) is 10.0 Å². The maximum atomic E-state index is 5.98. The molecule has 0 unspecified atom stereocenters. The topological polar surface area (TPSA) is 62.9 Å². The molecule has 24 heavy (non-hydrogen) atoms. The largest absolute Gasteiger partial charge is 0.379 e. The van der Waals surface area contributed by atoms with Gasteiger partial charge in [-0.15, -0.1) is 24.0 Å². The second-order valence-corrected chi connectivity index (χ2v) is 6.40. The van der Waals surface area contributed by atoms with E-state index < -0.39 is 0 Å². The number of guanidine groups is 1. The summed E-state index contributed by atoms with van der Waals surface area (Å²) < 4.78 is 5.32. The van der Waals surface area contributed by atoms with Crippen molar-refractivity contribution in [3.8, 4) is 0 Å². The molecule has 1 aliphatic heterocycles. The second-order valence-electron chi connectivity index (χ2n) is 5.53.